The second-order valence-corrected chi connectivity index (χ2v) is 12.7. The smallest absolute Gasteiger partial charge is 0.199 e. The summed E-state index contributed by atoms with van der Waals surface area (Å²) in [6, 6.07) is 8.06. The first-order chi connectivity index (χ1) is 14.1. The maximum Gasteiger partial charge on any atom is 0.199 e. The second kappa shape index (κ2) is 8.27. The van der Waals surface area contributed by atoms with Crippen molar-refractivity contribution in [2.75, 3.05) is 31.1 Å². The van der Waals surface area contributed by atoms with E-state index < -0.39 is 8.07 Å². The molecule has 152 valence electrons. The lowest BCUT2D eigenvalue weighted by molar-refractivity contribution is -0.519. The van der Waals surface area contributed by atoms with Crippen LogP contribution in [0, 0.1) is 0 Å². The van der Waals surface area contributed by atoms with Crippen LogP contribution in [-0.4, -0.2) is 50.3 Å². The Balaban J connectivity index is 1.85. The highest BCUT2D eigenvalue weighted by Crippen LogP contribution is 2.35. The third-order valence-electron chi connectivity index (χ3n) is 6.79. The molecule has 4 heteroatoms. The molecule has 2 heterocycles. The number of hydrogen-bond acceptors (Lipinski definition) is 2. The number of piperidine rings is 1. The van der Waals surface area contributed by atoms with Gasteiger partial charge in [0.1, 0.15) is 21.2 Å². The van der Waals surface area contributed by atoms with E-state index >= 15 is 0 Å². The summed E-state index contributed by atoms with van der Waals surface area (Å²) in [6.45, 7) is 15.5. The molecule has 0 aromatic heterocycles. The second-order valence-electron chi connectivity index (χ2n) is 8.56. The Hall–Kier alpha value is -2.20. The number of fused-ring (bicyclic) bond motifs is 2. The van der Waals surface area contributed by atoms with Crippen molar-refractivity contribution in [1.29, 1.82) is 0 Å². The molecule has 29 heavy (non-hydrogen) atoms. The molecule has 1 aromatic carbocycles. The van der Waals surface area contributed by atoms with Gasteiger partial charge in [-0.2, -0.15) is 0 Å². The maximum atomic E-state index is 5.09. The minimum atomic E-state index is -1.94. The molecule has 1 atom stereocenters. The predicted molar refractivity (Wildman–Crippen MR) is 129 cm³/mol. The lowest BCUT2D eigenvalue weighted by atomic mass is 10.1. The monoisotopic (exact) mass is 404 g/mol. The maximum absolute atomic E-state index is 5.09. The summed E-state index contributed by atoms with van der Waals surface area (Å²) in [5.74, 6) is 0. The van der Waals surface area contributed by atoms with Crippen molar-refractivity contribution < 1.29 is 4.58 Å². The number of anilines is 1. The van der Waals surface area contributed by atoms with E-state index in [9.17, 15) is 0 Å². The molecular weight excluding hydrogens is 370 g/mol. The van der Waals surface area contributed by atoms with Crippen LogP contribution in [-0.2, 0) is 0 Å². The molecule has 1 unspecified atom stereocenters. The van der Waals surface area contributed by atoms with Gasteiger partial charge in [0.2, 0.25) is 0 Å². The van der Waals surface area contributed by atoms with Gasteiger partial charge in [-0.05, 0) is 73.8 Å². The van der Waals surface area contributed by atoms with Crippen LogP contribution < -0.4 is 10.1 Å². The zero-order valence-electron chi connectivity index (χ0n) is 18.2. The van der Waals surface area contributed by atoms with E-state index in [-0.39, 0.29) is 0 Å². The van der Waals surface area contributed by atoms with Crippen molar-refractivity contribution in [3.8, 4) is 0 Å². The van der Waals surface area contributed by atoms with E-state index in [0.717, 1.165) is 24.8 Å². The molecule has 0 bridgehead atoms. The minimum absolute atomic E-state index is 1.03. The molecule has 0 radical (unpaired) electrons. The van der Waals surface area contributed by atoms with Gasteiger partial charge in [-0.3, -0.25) is 0 Å². The zero-order chi connectivity index (χ0) is 20.4. The zero-order valence-corrected chi connectivity index (χ0v) is 19.2. The lowest BCUT2D eigenvalue weighted by Gasteiger charge is -2.37. The Labute approximate surface area is 176 Å². The molecule has 0 amide bonds. The van der Waals surface area contributed by atoms with E-state index in [2.05, 4.69) is 79.0 Å². The van der Waals surface area contributed by atoms with Crippen LogP contribution >= 0.6 is 0 Å². The number of nitrogens with zero attached hydrogens (tertiary/aromatic N) is 3. The van der Waals surface area contributed by atoms with E-state index in [0.29, 0.717) is 0 Å². The standard InChI is InChI=1S/C25H34N3Si/c1-5-17-29(4)24-18-20(27(6-2)7-3)11-13-22(24)26-23-14-12-21(19-25(23)29)28-15-9-8-10-16-28/h5,11-14,18-19H,1,6-10,15-17H2,2-4H3/q+1. The van der Waals surface area contributed by atoms with Gasteiger partial charge in [-0.15, -0.1) is 6.58 Å². The minimum Gasteiger partial charge on any atom is -0.372 e. The molecule has 0 spiro atoms. The fraction of sp³-hybridized carbons (Fsp3) is 0.440. The summed E-state index contributed by atoms with van der Waals surface area (Å²) in [5.41, 5.74) is 5.03. The highest BCUT2D eigenvalue weighted by molar-refractivity contribution is 7.02. The number of hydrogen-bond donors (Lipinski definition) is 0. The third-order valence-corrected chi connectivity index (χ3v) is 11.1. The topological polar surface area (TPSA) is 18.6 Å². The van der Waals surface area contributed by atoms with E-state index in [1.54, 1.807) is 0 Å². The van der Waals surface area contributed by atoms with Crippen molar-refractivity contribution >= 4 is 36.1 Å². The van der Waals surface area contributed by atoms with Crippen LogP contribution in [0.4, 0.5) is 11.4 Å². The average Bonchev–Trinajstić information content (AvgIpc) is 2.76. The van der Waals surface area contributed by atoms with Gasteiger partial charge in [0.15, 0.2) is 5.71 Å². The largest absolute Gasteiger partial charge is 0.372 e. The summed E-state index contributed by atoms with van der Waals surface area (Å²) < 4.78 is 2.43. The molecule has 3 aliphatic rings. The van der Waals surface area contributed by atoms with Crippen molar-refractivity contribution in [3.05, 3.63) is 54.3 Å². The Morgan fingerprint density at radius 2 is 1.90 bits per heavy atom. The van der Waals surface area contributed by atoms with Crippen molar-refractivity contribution in [2.45, 2.75) is 45.7 Å². The molecule has 2 aliphatic heterocycles. The van der Waals surface area contributed by atoms with Gasteiger partial charge in [-0.1, -0.05) is 12.6 Å². The van der Waals surface area contributed by atoms with E-state index in [4.69, 9.17) is 4.99 Å². The quantitative estimate of drug-likeness (QED) is 0.299. The van der Waals surface area contributed by atoms with Gasteiger partial charge >= 0.3 is 0 Å². The Morgan fingerprint density at radius 1 is 1.14 bits per heavy atom. The van der Waals surface area contributed by atoms with Crippen LogP contribution in [0.1, 0.15) is 33.1 Å². The summed E-state index contributed by atoms with van der Waals surface area (Å²) >= 11 is 0. The molecule has 0 N–H and O–H groups in total. The normalized spacial score (nSPS) is 23.1. The Kier molecular flexibility index (Phi) is 5.73. The highest BCUT2D eigenvalue weighted by atomic mass is 28.3. The fourth-order valence-corrected chi connectivity index (χ4v) is 8.69. The number of allylic oxidation sites excluding steroid dienone is 5. The fourth-order valence-electron chi connectivity index (χ4n) is 5.04. The van der Waals surface area contributed by atoms with Crippen LogP contribution in [0.3, 0.4) is 0 Å². The summed E-state index contributed by atoms with van der Waals surface area (Å²) in [5, 5.41) is 2.94. The third kappa shape index (κ3) is 3.59. The molecule has 0 saturated carbocycles. The van der Waals surface area contributed by atoms with E-state index in [1.807, 2.05) is 0 Å². The predicted octanol–water partition coefficient (Wildman–Crippen LogP) is 4.76. The van der Waals surface area contributed by atoms with Crippen molar-refractivity contribution in [1.82, 2.24) is 0 Å². The van der Waals surface area contributed by atoms with Gasteiger partial charge in [0, 0.05) is 30.9 Å². The van der Waals surface area contributed by atoms with Gasteiger partial charge < -0.3 is 4.90 Å². The highest BCUT2D eigenvalue weighted by Gasteiger charge is 2.41. The van der Waals surface area contributed by atoms with Crippen molar-refractivity contribution in [2.24, 2.45) is 4.99 Å². The SMILES string of the molecule is C=CC[Si]1(C)C2=CC(=[N+](CC)CC)C=CC2=Nc2ccc(N3CCCCC3)cc21. The van der Waals surface area contributed by atoms with Crippen LogP contribution in [0.15, 0.2) is 59.3 Å². The van der Waals surface area contributed by atoms with Crippen LogP contribution in [0.2, 0.25) is 12.6 Å². The summed E-state index contributed by atoms with van der Waals surface area (Å²) in [7, 11) is -1.94. The van der Waals surface area contributed by atoms with Crippen LogP contribution in [0.5, 0.6) is 0 Å². The first kappa shape index (κ1) is 20.1. The van der Waals surface area contributed by atoms with Gasteiger partial charge in [0.25, 0.3) is 0 Å². The average molecular weight is 405 g/mol. The first-order valence-corrected chi connectivity index (χ1v) is 13.9. The number of rotatable bonds is 5. The lowest BCUT2D eigenvalue weighted by Crippen LogP contribution is -2.52. The van der Waals surface area contributed by atoms with E-state index in [1.165, 1.54) is 59.8 Å². The summed E-state index contributed by atoms with van der Waals surface area (Å²) in [6.07, 6.45) is 13.0. The van der Waals surface area contributed by atoms with Crippen LogP contribution in [0.25, 0.3) is 0 Å². The molecule has 1 saturated heterocycles. The molecule has 4 rings (SSSR count). The van der Waals surface area contributed by atoms with Gasteiger partial charge in [-0.25, -0.2) is 9.57 Å². The molecule has 3 nitrogen and oxygen atoms in total. The molecular formula is C25H34N3Si+. The molecule has 1 aliphatic carbocycles. The molecule has 1 fully saturated rings. The first-order valence-electron chi connectivity index (χ1n) is 11.2. The Morgan fingerprint density at radius 3 is 2.59 bits per heavy atom. The molecule has 1 aromatic rings. The number of aliphatic imine (C=N–C) groups is 1. The summed E-state index contributed by atoms with van der Waals surface area (Å²) in [4.78, 5) is 7.65. The number of benzene rings is 1. The van der Waals surface area contributed by atoms with Crippen molar-refractivity contribution in [3.63, 3.8) is 0 Å². The van der Waals surface area contributed by atoms with Gasteiger partial charge in [0.05, 0.1) is 11.4 Å². The Bertz CT molecular complexity index is 925.